The summed E-state index contributed by atoms with van der Waals surface area (Å²) in [7, 11) is 0. The quantitative estimate of drug-likeness (QED) is 0.720. The maximum atomic E-state index is 12.9. The molecular formula is C19H14ClF3N4. The standard InChI is InChI=1S/C19H14ClF3N4/c1-10-3-2-6-24-16(10)11-4-5-13(14(20)7-11)17-26-15-8-12(19(21,22)23)9-25-18(15)27-17/h2-10,26H,1H3,(H,25,27). The van der Waals surface area contributed by atoms with Crippen LogP contribution in [0.4, 0.5) is 24.7 Å². The number of fused-ring (bicyclic) bond motifs is 1. The van der Waals surface area contributed by atoms with Crippen LogP contribution < -0.4 is 21.1 Å². The first-order valence-electron chi connectivity index (χ1n) is 8.19. The number of allylic oxidation sites excluding steroid dienone is 1. The van der Waals surface area contributed by atoms with Crippen LogP contribution in [-0.2, 0) is 6.18 Å². The molecule has 0 saturated heterocycles. The van der Waals surface area contributed by atoms with Crippen molar-refractivity contribution in [3.63, 3.8) is 0 Å². The van der Waals surface area contributed by atoms with E-state index < -0.39 is 11.7 Å². The van der Waals surface area contributed by atoms with E-state index in [9.17, 15) is 13.2 Å². The summed E-state index contributed by atoms with van der Waals surface area (Å²) in [6, 6.07) is 6.51. The highest BCUT2D eigenvalue weighted by Gasteiger charge is 2.32. The zero-order chi connectivity index (χ0) is 19.2. The van der Waals surface area contributed by atoms with E-state index in [2.05, 4.69) is 20.6 Å². The zero-order valence-electron chi connectivity index (χ0n) is 14.1. The molecule has 138 valence electrons. The van der Waals surface area contributed by atoms with Crippen molar-refractivity contribution in [1.82, 2.24) is 4.98 Å². The summed E-state index contributed by atoms with van der Waals surface area (Å²) in [5, 5.41) is 7.88. The predicted octanol–water partition coefficient (Wildman–Crippen LogP) is 3.74. The Morgan fingerprint density at radius 3 is 2.67 bits per heavy atom. The minimum atomic E-state index is -4.45. The molecule has 2 aliphatic heterocycles. The summed E-state index contributed by atoms with van der Waals surface area (Å²) >= 11 is 6.44. The van der Waals surface area contributed by atoms with E-state index in [-0.39, 0.29) is 11.6 Å². The van der Waals surface area contributed by atoms with Crippen molar-refractivity contribution in [3.8, 4) is 0 Å². The van der Waals surface area contributed by atoms with Crippen LogP contribution in [0.5, 0.6) is 0 Å². The van der Waals surface area contributed by atoms with Crippen LogP contribution in [0.25, 0.3) is 11.5 Å². The maximum Gasteiger partial charge on any atom is 0.417 e. The Kier molecular flexibility index (Phi) is 4.19. The fourth-order valence-corrected chi connectivity index (χ4v) is 3.27. The predicted molar refractivity (Wildman–Crippen MR) is 101 cm³/mol. The molecule has 0 spiro atoms. The molecule has 0 saturated carbocycles. The molecule has 0 fully saturated rings. The Bertz CT molecular complexity index is 1100. The summed E-state index contributed by atoms with van der Waals surface area (Å²) in [5.41, 5.74) is 0.347. The van der Waals surface area contributed by atoms with E-state index >= 15 is 0 Å². The Balaban J connectivity index is 1.76. The van der Waals surface area contributed by atoms with E-state index in [4.69, 9.17) is 11.6 Å². The molecule has 8 heteroatoms. The number of pyridine rings is 1. The Hall–Kier alpha value is -2.80. The number of hydrogen-bond acceptors (Lipinski definition) is 4. The van der Waals surface area contributed by atoms with Crippen LogP contribution in [0.2, 0.25) is 5.02 Å². The molecule has 1 aromatic carbocycles. The minimum absolute atomic E-state index is 0.168. The van der Waals surface area contributed by atoms with Gasteiger partial charge < -0.3 is 10.6 Å². The summed E-state index contributed by atoms with van der Waals surface area (Å²) < 4.78 is 38.6. The van der Waals surface area contributed by atoms with Crippen molar-refractivity contribution >= 4 is 40.8 Å². The van der Waals surface area contributed by atoms with Crippen molar-refractivity contribution in [2.75, 3.05) is 10.6 Å². The van der Waals surface area contributed by atoms with E-state index in [1.165, 1.54) is 0 Å². The SMILES string of the molecule is CC1C=CC=NC1=c1ccc(=C2Nc3cc(C(F)(F)F)cnc3N2)c(Cl)c1. The number of hydrogen-bond donors (Lipinski definition) is 2. The lowest BCUT2D eigenvalue weighted by molar-refractivity contribution is -0.137. The third-order valence-corrected chi connectivity index (χ3v) is 4.70. The van der Waals surface area contributed by atoms with Gasteiger partial charge in [0.2, 0.25) is 0 Å². The van der Waals surface area contributed by atoms with Crippen LogP contribution >= 0.6 is 11.6 Å². The number of dihydropyridines is 1. The van der Waals surface area contributed by atoms with Crippen molar-refractivity contribution < 1.29 is 13.2 Å². The van der Waals surface area contributed by atoms with Crippen LogP contribution in [0.3, 0.4) is 0 Å². The highest BCUT2D eigenvalue weighted by Crippen LogP contribution is 2.35. The molecule has 0 aliphatic carbocycles. The van der Waals surface area contributed by atoms with Gasteiger partial charge in [0.25, 0.3) is 0 Å². The van der Waals surface area contributed by atoms with Crippen LogP contribution in [0.1, 0.15) is 12.5 Å². The maximum absolute atomic E-state index is 12.9. The largest absolute Gasteiger partial charge is 0.417 e. The average molecular weight is 391 g/mol. The lowest BCUT2D eigenvalue weighted by atomic mass is 10.0. The second-order valence-electron chi connectivity index (χ2n) is 6.27. The molecule has 0 radical (unpaired) electrons. The highest BCUT2D eigenvalue weighted by atomic mass is 35.5. The fourth-order valence-electron chi connectivity index (χ4n) is 3.00. The van der Waals surface area contributed by atoms with Crippen LogP contribution in [0, 0.1) is 5.92 Å². The first-order valence-corrected chi connectivity index (χ1v) is 8.57. The number of benzene rings is 1. The van der Waals surface area contributed by atoms with E-state index in [0.717, 1.165) is 23.2 Å². The topological polar surface area (TPSA) is 49.3 Å². The van der Waals surface area contributed by atoms with E-state index in [1.807, 2.05) is 25.1 Å². The molecular weight excluding hydrogens is 377 g/mol. The molecule has 1 unspecified atom stereocenters. The second kappa shape index (κ2) is 6.42. The van der Waals surface area contributed by atoms with Gasteiger partial charge in [0, 0.05) is 23.5 Å². The fraction of sp³-hybridized carbons (Fsp3) is 0.158. The third-order valence-electron chi connectivity index (χ3n) is 4.38. The molecule has 27 heavy (non-hydrogen) atoms. The van der Waals surface area contributed by atoms with Gasteiger partial charge in [-0.05, 0) is 29.5 Å². The number of aromatic nitrogens is 1. The molecule has 2 N–H and O–H groups in total. The first-order chi connectivity index (χ1) is 12.8. The number of anilines is 2. The number of nitrogens with zero attached hydrogens (tertiary/aromatic N) is 2. The first kappa shape index (κ1) is 17.6. The van der Waals surface area contributed by atoms with Gasteiger partial charge in [-0.3, -0.25) is 4.99 Å². The second-order valence-corrected chi connectivity index (χ2v) is 6.68. The van der Waals surface area contributed by atoms with Crippen molar-refractivity contribution in [1.29, 1.82) is 0 Å². The van der Waals surface area contributed by atoms with Gasteiger partial charge in [-0.2, -0.15) is 13.2 Å². The lowest BCUT2D eigenvalue weighted by Gasteiger charge is -2.10. The van der Waals surface area contributed by atoms with Gasteiger partial charge in [0.15, 0.2) is 5.82 Å². The Morgan fingerprint density at radius 1 is 1.15 bits per heavy atom. The van der Waals surface area contributed by atoms with E-state index in [1.54, 1.807) is 18.3 Å². The Labute approximate surface area is 157 Å². The van der Waals surface area contributed by atoms with Crippen molar-refractivity contribution in [2.24, 2.45) is 10.9 Å². The highest BCUT2D eigenvalue weighted by molar-refractivity contribution is 6.31. The number of nitrogens with one attached hydrogen (secondary N) is 2. The molecule has 4 nitrogen and oxygen atoms in total. The van der Waals surface area contributed by atoms with Crippen molar-refractivity contribution in [2.45, 2.75) is 13.1 Å². The van der Waals surface area contributed by atoms with E-state index in [0.29, 0.717) is 21.9 Å². The molecule has 0 amide bonds. The zero-order valence-corrected chi connectivity index (χ0v) is 14.9. The molecule has 4 rings (SSSR count). The number of aliphatic imine (C=N–C) groups is 1. The Morgan fingerprint density at radius 2 is 1.96 bits per heavy atom. The molecule has 2 aromatic rings. The normalized spacial score (nSPS) is 22.3. The third kappa shape index (κ3) is 3.30. The van der Waals surface area contributed by atoms with Gasteiger partial charge in [-0.1, -0.05) is 30.7 Å². The average Bonchev–Trinajstić information content (AvgIpc) is 3.04. The lowest BCUT2D eigenvalue weighted by Crippen LogP contribution is -2.20. The van der Waals surface area contributed by atoms with Crippen molar-refractivity contribution in [3.05, 3.63) is 63.6 Å². The number of alkyl halides is 3. The summed E-state index contributed by atoms with van der Waals surface area (Å²) in [6.45, 7) is 2.04. The molecule has 0 bridgehead atoms. The summed E-state index contributed by atoms with van der Waals surface area (Å²) in [6.07, 6.45) is 2.01. The number of rotatable bonds is 0. The number of halogens is 4. The van der Waals surface area contributed by atoms with Gasteiger partial charge in [-0.25, -0.2) is 4.98 Å². The van der Waals surface area contributed by atoms with Crippen LogP contribution in [-0.4, -0.2) is 11.2 Å². The minimum Gasteiger partial charge on any atom is -0.338 e. The molecule has 3 heterocycles. The van der Waals surface area contributed by atoms with Gasteiger partial charge in [0.05, 0.1) is 22.0 Å². The van der Waals surface area contributed by atoms with Gasteiger partial charge in [0.1, 0.15) is 5.82 Å². The van der Waals surface area contributed by atoms with Gasteiger partial charge >= 0.3 is 6.18 Å². The van der Waals surface area contributed by atoms with Gasteiger partial charge in [-0.15, -0.1) is 0 Å². The molecule has 1 atom stereocenters. The smallest absolute Gasteiger partial charge is 0.338 e. The molecule has 1 aromatic heterocycles. The summed E-state index contributed by atoms with van der Waals surface area (Å²) in [5.74, 6) is 0.975. The monoisotopic (exact) mass is 390 g/mol. The van der Waals surface area contributed by atoms with Crippen LogP contribution in [0.15, 0.2) is 47.6 Å². The molecule has 2 aliphatic rings. The summed E-state index contributed by atoms with van der Waals surface area (Å²) in [4.78, 5) is 8.25.